The molecule has 0 fully saturated rings. The minimum absolute atomic E-state index is 0.176. The minimum atomic E-state index is -0.560. The third-order valence-corrected chi connectivity index (χ3v) is 2.10. The highest BCUT2D eigenvalue weighted by molar-refractivity contribution is 5.95. The molecule has 0 spiro atoms. The van der Waals surface area contributed by atoms with Crippen LogP contribution in [0.2, 0.25) is 0 Å². The van der Waals surface area contributed by atoms with Gasteiger partial charge in [-0.3, -0.25) is 9.59 Å². The Morgan fingerprint density at radius 1 is 1.21 bits per heavy atom. The van der Waals surface area contributed by atoms with Crippen molar-refractivity contribution in [2.75, 3.05) is 13.6 Å². The molecule has 2 amide bonds. The quantitative estimate of drug-likeness (QED) is 0.490. The molecule has 2 N–H and O–H groups in total. The Morgan fingerprint density at radius 3 is 2.36 bits per heavy atom. The molecule has 0 aliphatic heterocycles. The Morgan fingerprint density at radius 2 is 1.86 bits per heavy atom. The molecule has 0 aromatic carbocycles. The lowest BCUT2D eigenvalue weighted by molar-refractivity contribution is -0.134. The lowest BCUT2D eigenvalue weighted by Crippen LogP contribution is -2.31. The molecule has 0 radical (unpaired) electrons. The topological polar surface area (TPSA) is 63.4 Å². The van der Waals surface area contributed by atoms with Crippen molar-refractivity contribution < 1.29 is 9.59 Å². The van der Waals surface area contributed by atoms with E-state index in [1.54, 1.807) is 11.9 Å². The summed E-state index contributed by atoms with van der Waals surface area (Å²) in [6.45, 7) is 2.86. The van der Waals surface area contributed by atoms with Crippen LogP contribution in [0, 0.1) is 0 Å². The van der Waals surface area contributed by atoms with Gasteiger partial charge in [0.1, 0.15) is 6.42 Å². The van der Waals surface area contributed by atoms with Gasteiger partial charge in [0.15, 0.2) is 0 Å². The second-order valence-corrected chi connectivity index (χ2v) is 3.52. The summed E-state index contributed by atoms with van der Waals surface area (Å²) < 4.78 is 0. The van der Waals surface area contributed by atoms with Crippen LogP contribution in [0.15, 0.2) is 0 Å². The maximum atomic E-state index is 11.2. The van der Waals surface area contributed by atoms with Crippen LogP contribution in [0.5, 0.6) is 0 Å². The fourth-order valence-corrected chi connectivity index (χ4v) is 1.18. The molecular formula is C10H20N2O2. The van der Waals surface area contributed by atoms with Crippen LogP contribution in [0.4, 0.5) is 0 Å². The summed E-state index contributed by atoms with van der Waals surface area (Å²) >= 11 is 0. The lowest BCUT2D eigenvalue weighted by Gasteiger charge is -2.15. The van der Waals surface area contributed by atoms with Crippen molar-refractivity contribution in [3.05, 3.63) is 0 Å². The molecule has 0 saturated heterocycles. The molecule has 0 saturated carbocycles. The van der Waals surface area contributed by atoms with Gasteiger partial charge in [-0.25, -0.2) is 0 Å². The zero-order chi connectivity index (χ0) is 11.0. The third kappa shape index (κ3) is 6.46. The minimum Gasteiger partial charge on any atom is -0.369 e. The van der Waals surface area contributed by atoms with Gasteiger partial charge < -0.3 is 10.6 Å². The van der Waals surface area contributed by atoms with Crippen molar-refractivity contribution in [1.82, 2.24) is 4.90 Å². The van der Waals surface area contributed by atoms with Gasteiger partial charge in [-0.1, -0.05) is 26.2 Å². The zero-order valence-corrected chi connectivity index (χ0v) is 9.08. The van der Waals surface area contributed by atoms with Crippen molar-refractivity contribution in [2.24, 2.45) is 5.73 Å². The van der Waals surface area contributed by atoms with Gasteiger partial charge in [0.25, 0.3) is 0 Å². The van der Waals surface area contributed by atoms with Crippen LogP contribution in [0.3, 0.4) is 0 Å². The number of nitrogens with two attached hydrogens (primary N) is 1. The molecule has 0 aromatic heterocycles. The highest BCUT2D eigenvalue weighted by Crippen LogP contribution is 2.01. The van der Waals surface area contributed by atoms with Gasteiger partial charge in [-0.05, 0) is 6.42 Å². The molecular weight excluding hydrogens is 180 g/mol. The Kier molecular flexibility index (Phi) is 6.80. The fourth-order valence-electron chi connectivity index (χ4n) is 1.18. The normalized spacial score (nSPS) is 9.86. The summed E-state index contributed by atoms with van der Waals surface area (Å²) in [6, 6.07) is 0. The molecule has 4 nitrogen and oxygen atoms in total. The molecule has 4 heteroatoms. The standard InChI is InChI=1S/C10H20N2O2/c1-3-4-5-6-7-12(2)10(14)8-9(11)13/h3-8H2,1-2H3,(H2,11,13). The van der Waals surface area contributed by atoms with Crippen LogP contribution in [0.25, 0.3) is 0 Å². The number of rotatable bonds is 7. The highest BCUT2D eigenvalue weighted by Gasteiger charge is 2.10. The molecule has 14 heavy (non-hydrogen) atoms. The van der Waals surface area contributed by atoms with E-state index in [1.165, 1.54) is 12.8 Å². The number of carbonyl (C=O) groups excluding carboxylic acids is 2. The molecule has 0 aromatic rings. The SMILES string of the molecule is CCCCCCN(C)C(=O)CC(N)=O. The predicted molar refractivity (Wildman–Crippen MR) is 55.6 cm³/mol. The van der Waals surface area contributed by atoms with E-state index in [0.717, 1.165) is 12.8 Å². The number of primary amides is 1. The summed E-state index contributed by atoms with van der Waals surface area (Å²) in [6.07, 6.45) is 4.32. The Hall–Kier alpha value is -1.06. The van der Waals surface area contributed by atoms with Crippen LogP contribution in [0.1, 0.15) is 39.0 Å². The number of unbranched alkanes of at least 4 members (excludes halogenated alkanes) is 3. The zero-order valence-electron chi connectivity index (χ0n) is 9.08. The first-order valence-electron chi connectivity index (χ1n) is 5.10. The van der Waals surface area contributed by atoms with E-state index >= 15 is 0 Å². The van der Waals surface area contributed by atoms with E-state index in [2.05, 4.69) is 6.92 Å². The van der Waals surface area contributed by atoms with Crippen LogP contribution in [-0.2, 0) is 9.59 Å². The van der Waals surface area contributed by atoms with Gasteiger partial charge in [-0.15, -0.1) is 0 Å². The lowest BCUT2D eigenvalue weighted by atomic mass is 10.2. The van der Waals surface area contributed by atoms with Crippen LogP contribution < -0.4 is 5.73 Å². The average Bonchev–Trinajstić information content (AvgIpc) is 2.11. The molecule has 0 heterocycles. The van der Waals surface area contributed by atoms with Crippen molar-refractivity contribution in [2.45, 2.75) is 39.0 Å². The molecule has 82 valence electrons. The van der Waals surface area contributed by atoms with E-state index in [4.69, 9.17) is 5.73 Å². The maximum Gasteiger partial charge on any atom is 0.231 e. The Bertz CT molecular complexity index is 193. The van der Waals surface area contributed by atoms with E-state index in [-0.39, 0.29) is 12.3 Å². The molecule has 0 unspecified atom stereocenters. The summed E-state index contributed by atoms with van der Waals surface area (Å²) in [5, 5.41) is 0. The summed E-state index contributed by atoms with van der Waals surface area (Å²) in [5.41, 5.74) is 4.92. The number of nitrogens with zero attached hydrogens (tertiary/aromatic N) is 1. The van der Waals surface area contributed by atoms with E-state index < -0.39 is 5.91 Å². The van der Waals surface area contributed by atoms with Crippen molar-refractivity contribution in [3.8, 4) is 0 Å². The Labute approximate surface area is 85.4 Å². The molecule has 0 rings (SSSR count). The first-order chi connectivity index (χ1) is 6.57. The van der Waals surface area contributed by atoms with Crippen LogP contribution in [-0.4, -0.2) is 30.3 Å². The molecule has 0 bridgehead atoms. The van der Waals surface area contributed by atoms with Gasteiger partial charge in [0.05, 0.1) is 0 Å². The molecule has 0 aliphatic rings. The van der Waals surface area contributed by atoms with E-state index in [9.17, 15) is 9.59 Å². The largest absolute Gasteiger partial charge is 0.369 e. The van der Waals surface area contributed by atoms with Gasteiger partial charge in [0, 0.05) is 13.6 Å². The first kappa shape index (κ1) is 12.9. The summed E-state index contributed by atoms with van der Waals surface area (Å²) in [7, 11) is 1.71. The van der Waals surface area contributed by atoms with Crippen molar-refractivity contribution in [3.63, 3.8) is 0 Å². The van der Waals surface area contributed by atoms with Crippen molar-refractivity contribution in [1.29, 1.82) is 0 Å². The average molecular weight is 200 g/mol. The molecule has 0 atom stereocenters. The van der Waals surface area contributed by atoms with E-state index in [0.29, 0.717) is 6.54 Å². The number of hydrogen-bond acceptors (Lipinski definition) is 2. The first-order valence-corrected chi connectivity index (χ1v) is 5.10. The number of carbonyl (C=O) groups is 2. The smallest absolute Gasteiger partial charge is 0.231 e. The van der Waals surface area contributed by atoms with Gasteiger partial charge in [-0.2, -0.15) is 0 Å². The maximum absolute atomic E-state index is 11.2. The predicted octanol–water partition coefficient (Wildman–Crippen LogP) is 0.900. The number of hydrogen-bond donors (Lipinski definition) is 1. The third-order valence-electron chi connectivity index (χ3n) is 2.10. The fraction of sp³-hybridized carbons (Fsp3) is 0.800. The summed E-state index contributed by atoms with van der Waals surface area (Å²) in [5.74, 6) is -0.746. The second-order valence-electron chi connectivity index (χ2n) is 3.52. The van der Waals surface area contributed by atoms with Gasteiger partial charge in [0.2, 0.25) is 11.8 Å². The monoisotopic (exact) mass is 200 g/mol. The van der Waals surface area contributed by atoms with Gasteiger partial charge >= 0.3 is 0 Å². The number of amides is 2. The van der Waals surface area contributed by atoms with Crippen molar-refractivity contribution >= 4 is 11.8 Å². The summed E-state index contributed by atoms with van der Waals surface area (Å²) in [4.78, 5) is 23.3. The highest BCUT2D eigenvalue weighted by atomic mass is 16.2. The van der Waals surface area contributed by atoms with E-state index in [1.807, 2.05) is 0 Å². The molecule has 0 aliphatic carbocycles. The van der Waals surface area contributed by atoms with Crippen LogP contribution >= 0.6 is 0 Å². The second kappa shape index (κ2) is 7.35. The Balaban J connectivity index is 3.57.